The van der Waals surface area contributed by atoms with Crippen molar-refractivity contribution in [1.29, 1.82) is 0 Å². The van der Waals surface area contributed by atoms with Crippen molar-refractivity contribution in [3.8, 4) is 0 Å². The molecule has 1 atom stereocenters. The Hall–Kier alpha value is -1.54. The molecule has 0 aliphatic heterocycles. The van der Waals surface area contributed by atoms with E-state index in [1.807, 2.05) is 0 Å². The lowest BCUT2D eigenvalue weighted by Crippen LogP contribution is -2.39. The van der Waals surface area contributed by atoms with E-state index in [2.05, 4.69) is 13.5 Å². The number of alkyl halides is 2. The fourth-order valence-corrected chi connectivity index (χ4v) is 5.47. The zero-order valence-corrected chi connectivity index (χ0v) is 21.2. The highest BCUT2D eigenvalue weighted by Crippen LogP contribution is 2.43. The zero-order valence-electron chi connectivity index (χ0n) is 21.2. The molecule has 35 heavy (non-hydrogen) atoms. The summed E-state index contributed by atoms with van der Waals surface area (Å²) in [6.07, 6.45) is 7.46. The summed E-state index contributed by atoms with van der Waals surface area (Å²) < 4.78 is 45.3. The van der Waals surface area contributed by atoms with Gasteiger partial charge in [-0.15, -0.1) is 0 Å². The Balaban J connectivity index is 1.75. The van der Waals surface area contributed by atoms with Crippen molar-refractivity contribution in [1.82, 2.24) is 0 Å². The quantitative estimate of drug-likeness (QED) is 0.124. The predicted octanol–water partition coefficient (Wildman–Crippen LogP) is 5.81. The summed E-state index contributed by atoms with van der Waals surface area (Å²) in [5.74, 6) is -0.875. The lowest BCUT2D eigenvalue weighted by atomic mass is 9.77. The van der Waals surface area contributed by atoms with Crippen LogP contribution in [0.2, 0.25) is 0 Å². The van der Waals surface area contributed by atoms with Gasteiger partial charge in [0.1, 0.15) is 0 Å². The Morgan fingerprint density at radius 2 is 1.71 bits per heavy atom. The summed E-state index contributed by atoms with van der Waals surface area (Å²) in [4.78, 5) is 22.4. The van der Waals surface area contributed by atoms with Crippen LogP contribution in [0.1, 0.15) is 90.4 Å². The topological polar surface area (TPSA) is 82.1 Å². The Bertz CT molecular complexity index is 640. The number of esters is 1. The summed E-state index contributed by atoms with van der Waals surface area (Å²) in [5, 5.41) is 8.98. The van der Waals surface area contributed by atoms with Crippen molar-refractivity contribution in [2.75, 3.05) is 19.8 Å². The van der Waals surface area contributed by atoms with Gasteiger partial charge in [-0.25, -0.2) is 4.79 Å². The van der Waals surface area contributed by atoms with E-state index in [9.17, 15) is 18.4 Å². The van der Waals surface area contributed by atoms with E-state index in [0.29, 0.717) is 44.5 Å². The highest BCUT2D eigenvalue weighted by Gasteiger charge is 2.45. The monoisotopic (exact) mass is 502 g/mol. The minimum absolute atomic E-state index is 0.0199. The summed E-state index contributed by atoms with van der Waals surface area (Å²) >= 11 is 0. The molecule has 2 rings (SSSR count). The number of carbonyl (C=O) groups is 2. The third-order valence-corrected chi connectivity index (χ3v) is 7.65. The SMILES string of the molecule is C=C(CO)C(=O)OCC(COC=O)CC1CCC(C(F)(F)OC2CCC(CCCCC)CC2)CC1. The van der Waals surface area contributed by atoms with Gasteiger partial charge in [0.05, 0.1) is 37.4 Å². The largest absolute Gasteiger partial charge is 0.467 e. The van der Waals surface area contributed by atoms with Gasteiger partial charge in [0.15, 0.2) is 0 Å². The molecule has 0 aromatic carbocycles. The van der Waals surface area contributed by atoms with Crippen LogP contribution in [0.25, 0.3) is 0 Å². The number of halogens is 2. The van der Waals surface area contributed by atoms with E-state index < -0.39 is 24.6 Å². The maximum absolute atomic E-state index is 14.9. The molecule has 2 aliphatic carbocycles. The first-order valence-corrected chi connectivity index (χ1v) is 13.4. The van der Waals surface area contributed by atoms with Crippen molar-refractivity contribution in [2.24, 2.45) is 23.7 Å². The maximum atomic E-state index is 14.9. The maximum Gasteiger partial charge on any atom is 0.358 e. The summed E-state index contributed by atoms with van der Waals surface area (Å²) in [5.41, 5.74) is -0.0484. The molecule has 0 spiro atoms. The van der Waals surface area contributed by atoms with E-state index >= 15 is 0 Å². The molecule has 8 heteroatoms. The molecule has 0 heterocycles. The van der Waals surface area contributed by atoms with Crippen molar-refractivity contribution in [3.05, 3.63) is 12.2 Å². The van der Waals surface area contributed by atoms with Gasteiger partial charge in [-0.3, -0.25) is 4.79 Å². The number of aliphatic hydroxyl groups is 1. The van der Waals surface area contributed by atoms with Gasteiger partial charge < -0.3 is 19.3 Å². The van der Waals surface area contributed by atoms with Crippen molar-refractivity contribution in [2.45, 2.75) is 103 Å². The fourth-order valence-electron chi connectivity index (χ4n) is 5.47. The van der Waals surface area contributed by atoms with Crippen LogP contribution in [0, 0.1) is 23.7 Å². The normalized spacial score (nSPS) is 26.1. The van der Waals surface area contributed by atoms with E-state index in [-0.39, 0.29) is 36.7 Å². The van der Waals surface area contributed by atoms with E-state index in [1.165, 1.54) is 25.7 Å². The van der Waals surface area contributed by atoms with E-state index in [4.69, 9.17) is 19.3 Å². The Kier molecular flexibility index (Phi) is 13.2. The number of hydrogen-bond acceptors (Lipinski definition) is 6. The average Bonchev–Trinajstić information content (AvgIpc) is 2.86. The van der Waals surface area contributed by atoms with Gasteiger partial charge in [-0.2, -0.15) is 8.78 Å². The number of rotatable bonds is 16. The lowest BCUT2D eigenvalue weighted by molar-refractivity contribution is -0.302. The van der Waals surface area contributed by atoms with Gasteiger partial charge in [0, 0.05) is 5.92 Å². The van der Waals surface area contributed by atoms with Gasteiger partial charge in [-0.1, -0.05) is 39.2 Å². The second-order valence-corrected chi connectivity index (χ2v) is 10.4. The third-order valence-electron chi connectivity index (χ3n) is 7.65. The van der Waals surface area contributed by atoms with Crippen LogP contribution in [0.3, 0.4) is 0 Å². The average molecular weight is 503 g/mol. The first-order chi connectivity index (χ1) is 16.8. The molecule has 0 aromatic rings. The number of unbranched alkanes of at least 4 members (excludes halogenated alkanes) is 2. The molecule has 2 saturated carbocycles. The van der Waals surface area contributed by atoms with Crippen LogP contribution in [0.4, 0.5) is 8.78 Å². The van der Waals surface area contributed by atoms with Crippen LogP contribution in [-0.4, -0.2) is 49.6 Å². The minimum Gasteiger partial charge on any atom is -0.467 e. The lowest BCUT2D eigenvalue weighted by Gasteiger charge is -2.37. The Labute approximate surface area is 208 Å². The summed E-state index contributed by atoms with van der Waals surface area (Å²) in [6, 6.07) is 0. The van der Waals surface area contributed by atoms with Gasteiger partial charge in [-0.05, 0) is 69.6 Å². The number of aliphatic hydroxyl groups excluding tert-OH is 1. The predicted molar refractivity (Wildman–Crippen MR) is 129 cm³/mol. The standard InChI is InChI=1S/C27H44F2O6/c1-3-4-5-6-21-9-13-25(14-10-21)35-27(28,29)24-11-7-22(8-12-24)15-23(17-33-19-31)18-34-26(32)20(2)16-30/h19,21-25,30H,2-18H2,1H3. The number of carbonyl (C=O) groups excluding carboxylic acids is 2. The second-order valence-electron chi connectivity index (χ2n) is 10.4. The number of ether oxygens (including phenoxy) is 3. The molecule has 1 N–H and O–H groups in total. The molecule has 2 fully saturated rings. The van der Waals surface area contributed by atoms with Crippen molar-refractivity contribution in [3.63, 3.8) is 0 Å². The molecule has 202 valence electrons. The van der Waals surface area contributed by atoms with Gasteiger partial charge in [0.25, 0.3) is 6.47 Å². The number of hydrogen-bond donors (Lipinski definition) is 1. The summed E-state index contributed by atoms with van der Waals surface area (Å²) in [7, 11) is 0. The molecule has 1 unspecified atom stereocenters. The molecular weight excluding hydrogens is 458 g/mol. The van der Waals surface area contributed by atoms with Crippen LogP contribution >= 0.6 is 0 Å². The van der Waals surface area contributed by atoms with E-state index in [1.54, 1.807) is 0 Å². The second kappa shape index (κ2) is 15.5. The van der Waals surface area contributed by atoms with E-state index in [0.717, 1.165) is 25.7 Å². The van der Waals surface area contributed by atoms with Crippen LogP contribution in [0.5, 0.6) is 0 Å². The fraction of sp³-hybridized carbons (Fsp3) is 0.852. The molecule has 0 bridgehead atoms. The first-order valence-electron chi connectivity index (χ1n) is 13.4. The molecule has 6 nitrogen and oxygen atoms in total. The molecule has 0 radical (unpaired) electrons. The van der Waals surface area contributed by atoms with Gasteiger partial charge >= 0.3 is 12.1 Å². The zero-order chi connectivity index (χ0) is 25.7. The van der Waals surface area contributed by atoms with Crippen LogP contribution < -0.4 is 0 Å². The molecule has 0 aromatic heterocycles. The minimum atomic E-state index is -3.11. The first kappa shape index (κ1) is 29.7. The third kappa shape index (κ3) is 10.5. The van der Waals surface area contributed by atoms with Crippen molar-refractivity contribution < 1.29 is 37.7 Å². The van der Waals surface area contributed by atoms with Crippen LogP contribution in [0.15, 0.2) is 12.2 Å². The highest BCUT2D eigenvalue weighted by atomic mass is 19.3. The molecule has 0 saturated heterocycles. The summed E-state index contributed by atoms with van der Waals surface area (Å²) in [6.45, 7) is 5.57. The van der Waals surface area contributed by atoms with Gasteiger partial charge in [0.2, 0.25) is 0 Å². The highest BCUT2D eigenvalue weighted by molar-refractivity contribution is 5.87. The Morgan fingerprint density at radius 3 is 2.31 bits per heavy atom. The smallest absolute Gasteiger partial charge is 0.358 e. The Morgan fingerprint density at radius 1 is 1.06 bits per heavy atom. The van der Waals surface area contributed by atoms with Crippen molar-refractivity contribution >= 4 is 12.4 Å². The van der Waals surface area contributed by atoms with Crippen LogP contribution in [-0.2, 0) is 23.8 Å². The molecule has 0 amide bonds. The molecule has 2 aliphatic rings. The molecular formula is C27H44F2O6.